The number of halogens is 23. The maximum Gasteiger partial charge on any atom is 0.462 e. The summed E-state index contributed by atoms with van der Waals surface area (Å²) in [7, 11) is 0. The number of carbonyl (C=O) groups is 1. The first kappa shape index (κ1) is 37.7. The molecular weight excluding hydrogens is 659 g/mol. The van der Waals surface area contributed by atoms with E-state index >= 15 is 0 Å². The normalized spacial score (nSPS) is 20.0. The van der Waals surface area contributed by atoms with Gasteiger partial charge < -0.3 is 5.73 Å². The largest absolute Gasteiger partial charge is 0.462 e. The number of hydrogen-bond acceptors (Lipinski definition) is 4. The molecule has 0 rings (SSSR count). The average Bonchev–Trinajstić information content (AvgIpc) is 2.62. The summed E-state index contributed by atoms with van der Waals surface area (Å²) in [5, 5.41) is 0. The molecule has 0 aliphatic rings. The lowest BCUT2D eigenvalue weighted by atomic mass is 10.2. The maximum atomic E-state index is 14.0. The molecule has 0 aliphatic heterocycles. The summed E-state index contributed by atoms with van der Waals surface area (Å²) < 4.78 is 301. The van der Waals surface area contributed by atoms with Gasteiger partial charge in [-0.3, -0.25) is 19.0 Å². The van der Waals surface area contributed by atoms with E-state index in [0.717, 1.165) is 9.47 Å². The van der Waals surface area contributed by atoms with Gasteiger partial charge in [0.2, 0.25) is 0 Å². The molecule has 0 spiro atoms. The molecule has 0 fully saturated rings. The van der Waals surface area contributed by atoms with Crippen LogP contribution >= 0.6 is 0 Å². The monoisotopic (exact) mass is 661 g/mol. The highest BCUT2D eigenvalue weighted by atomic mass is 19.4. The summed E-state index contributed by atoms with van der Waals surface area (Å²) in [5.41, 5.74) is 3.56. The standard InChI is InChI=1S/C12H2F23NO4/c13-2(1(36)37,6(18,19)20)38-11(32,33)4(16,8(24,25)26)40-12(34,35)5(17,9(27,28)29)39-10(30,31)3(14,15)7(21,22)23/h(H2,36,37)/t2-,4+,5-/m0/s1. The van der Waals surface area contributed by atoms with E-state index < -0.39 is 72.4 Å². The maximum absolute atomic E-state index is 14.0. The summed E-state index contributed by atoms with van der Waals surface area (Å²) in [6.07, 6.45) is -57.5. The number of carbonyl (C=O) groups excluding carboxylic acids is 1. The van der Waals surface area contributed by atoms with Crippen LogP contribution in [-0.2, 0) is 19.0 Å². The number of ether oxygens (including phenoxy) is 3. The number of hydrogen-bond donors (Lipinski definition) is 1. The number of nitrogens with two attached hydrogens (primary N) is 1. The Kier molecular flexibility index (Phi) is 9.10. The minimum absolute atomic E-state index is 0.993. The van der Waals surface area contributed by atoms with E-state index in [1.54, 1.807) is 0 Å². The van der Waals surface area contributed by atoms with Gasteiger partial charge in [0.15, 0.2) is 0 Å². The van der Waals surface area contributed by atoms with Gasteiger partial charge in [0.1, 0.15) is 0 Å². The quantitative estimate of drug-likeness (QED) is 0.284. The van der Waals surface area contributed by atoms with Crippen LogP contribution in [0.3, 0.4) is 0 Å². The van der Waals surface area contributed by atoms with Gasteiger partial charge in [-0.05, 0) is 0 Å². The van der Waals surface area contributed by atoms with E-state index in [0.29, 0.717) is 0 Å². The van der Waals surface area contributed by atoms with Crippen molar-refractivity contribution in [3.63, 3.8) is 0 Å². The third-order valence-electron chi connectivity index (χ3n) is 3.69. The highest BCUT2D eigenvalue weighted by Gasteiger charge is 2.88. The molecular formula is C12H2F23NO4. The summed E-state index contributed by atoms with van der Waals surface area (Å²) in [4.78, 5) is 10.4. The van der Waals surface area contributed by atoms with E-state index in [1.165, 1.54) is 4.74 Å². The third-order valence-corrected chi connectivity index (χ3v) is 3.69. The second kappa shape index (κ2) is 9.65. The fourth-order valence-corrected chi connectivity index (χ4v) is 1.70. The molecule has 0 unspecified atom stereocenters. The first-order valence-electron chi connectivity index (χ1n) is 8.06. The van der Waals surface area contributed by atoms with Gasteiger partial charge in [0, 0.05) is 0 Å². The minimum atomic E-state index is -8.74. The van der Waals surface area contributed by atoms with Crippen molar-refractivity contribution in [3.05, 3.63) is 0 Å². The van der Waals surface area contributed by atoms with Crippen LogP contribution in [0.1, 0.15) is 0 Å². The number of rotatable bonds is 10. The van der Waals surface area contributed by atoms with Crippen LogP contribution in [0.15, 0.2) is 0 Å². The number of primary amides is 1. The fourth-order valence-electron chi connectivity index (χ4n) is 1.70. The van der Waals surface area contributed by atoms with Crippen LogP contribution in [0.25, 0.3) is 0 Å². The van der Waals surface area contributed by atoms with Crippen molar-refractivity contribution in [3.8, 4) is 0 Å². The first-order chi connectivity index (χ1) is 16.8. The SMILES string of the molecule is NC(=O)[C@](F)(OC(F)(F)[C@](F)(OC(F)(F)[C@@](F)(OC(F)(F)C(F)(F)C(F)(F)F)C(F)(F)F)C(F)(F)F)C(F)(F)F. The van der Waals surface area contributed by atoms with Crippen molar-refractivity contribution >= 4 is 5.91 Å². The minimum Gasteiger partial charge on any atom is -0.364 e. The van der Waals surface area contributed by atoms with E-state index in [9.17, 15) is 106 Å². The van der Waals surface area contributed by atoms with Gasteiger partial charge in [-0.15, -0.1) is 0 Å². The Hall–Kier alpha value is -2.26. The topological polar surface area (TPSA) is 70.8 Å². The molecule has 0 saturated heterocycles. The molecule has 0 saturated carbocycles. The molecule has 0 aliphatic carbocycles. The summed E-state index contributed by atoms with van der Waals surface area (Å²) in [6, 6.07) is 0. The second-order valence-corrected chi connectivity index (χ2v) is 6.57. The van der Waals surface area contributed by atoms with Crippen LogP contribution in [0, 0.1) is 0 Å². The molecule has 0 aromatic carbocycles. The lowest BCUT2D eigenvalue weighted by Gasteiger charge is -2.42. The smallest absolute Gasteiger partial charge is 0.364 e. The van der Waals surface area contributed by atoms with Gasteiger partial charge >= 0.3 is 66.5 Å². The van der Waals surface area contributed by atoms with Gasteiger partial charge in [-0.25, -0.2) is 0 Å². The predicted molar refractivity (Wildman–Crippen MR) is 68.0 cm³/mol. The summed E-state index contributed by atoms with van der Waals surface area (Å²) >= 11 is 0. The highest BCUT2D eigenvalue weighted by molar-refractivity contribution is 5.82. The highest BCUT2D eigenvalue weighted by Crippen LogP contribution is 2.59. The van der Waals surface area contributed by atoms with Gasteiger partial charge in [0.25, 0.3) is 5.91 Å². The molecule has 28 heteroatoms. The molecule has 1 amide bonds. The van der Waals surface area contributed by atoms with Crippen molar-refractivity contribution in [2.24, 2.45) is 5.73 Å². The molecule has 0 bridgehead atoms. The zero-order chi connectivity index (χ0) is 33.2. The fraction of sp³-hybridized carbons (Fsp3) is 0.917. The van der Waals surface area contributed by atoms with E-state index in [2.05, 4.69) is 5.73 Å². The Balaban J connectivity index is 7.24. The predicted octanol–water partition coefficient (Wildman–Crippen LogP) is 6.18. The molecule has 0 heterocycles. The van der Waals surface area contributed by atoms with Crippen LogP contribution in [0.2, 0.25) is 0 Å². The van der Waals surface area contributed by atoms with Gasteiger partial charge in [0.05, 0.1) is 0 Å². The molecule has 0 aromatic heterocycles. The van der Waals surface area contributed by atoms with Gasteiger partial charge in [-0.2, -0.15) is 101 Å². The van der Waals surface area contributed by atoms with Crippen molar-refractivity contribution in [2.45, 2.75) is 66.5 Å². The van der Waals surface area contributed by atoms with E-state index in [4.69, 9.17) is 0 Å². The second-order valence-electron chi connectivity index (χ2n) is 6.57. The lowest BCUT2D eigenvalue weighted by molar-refractivity contribution is -0.577. The summed E-state index contributed by atoms with van der Waals surface area (Å²) in [5.74, 6) is -36.6. The van der Waals surface area contributed by atoms with Gasteiger partial charge in [-0.1, -0.05) is 0 Å². The Morgan fingerprint density at radius 1 is 0.400 bits per heavy atom. The van der Waals surface area contributed by atoms with Crippen molar-refractivity contribution in [2.75, 3.05) is 0 Å². The number of amides is 1. The van der Waals surface area contributed by atoms with Crippen LogP contribution in [-0.4, -0.2) is 72.4 Å². The molecule has 40 heavy (non-hydrogen) atoms. The Morgan fingerprint density at radius 2 is 0.675 bits per heavy atom. The van der Waals surface area contributed by atoms with E-state index in [-0.39, 0.29) is 0 Å². The first-order valence-corrected chi connectivity index (χ1v) is 8.06. The molecule has 2 N–H and O–H groups in total. The molecule has 240 valence electrons. The van der Waals surface area contributed by atoms with Crippen LogP contribution in [0.5, 0.6) is 0 Å². The zero-order valence-electron chi connectivity index (χ0n) is 16.9. The average molecular weight is 661 g/mol. The molecule has 0 aromatic rings. The Morgan fingerprint density at radius 3 is 0.900 bits per heavy atom. The van der Waals surface area contributed by atoms with Crippen LogP contribution < -0.4 is 5.73 Å². The zero-order valence-corrected chi connectivity index (χ0v) is 16.9. The molecule has 3 atom stereocenters. The van der Waals surface area contributed by atoms with Crippen molar-refractivity contribution in [1.82, 2.24) is 0 Å². The Bertz CT molecular complexity index is 934. The molecule has 5 nitrogen and oxygen atoms in total. The lowest BCUT2D eigenvalue weighted by Crippen LogP contribution is -2.71. The number of alkyl halides is 23. The summed E-state index contributed by atoms with van der Waals surface area (Å²) in [6.45, 7) is 0. The Labute approximate surface area is 199 Å². The van der Waals surface area contributed by atoms with Crippen molar-refractivity contribution in [1.29, 1.82) is 0 Å². The van der Waals surface area contributed by atoms with E-state index in [1.807, 2.05) is 0 Å². The van der Waals surface area contributed by atoms with Crippen molar-refractivity contribution < 1.29 is 120 Å². The molecule has 0 radical (unpaired) electrons. The third kappa shape index (κ3) is 6.01. The van der Waals surface area contributed by atoms with Crippen LogP contribution in [0.4, 0.5) is 101 Å².